The molecule has 0 saturated carbocycles. The molecule has 1 aromatic rings. The highest BCUT2D eigenvalue weighted by Gasteiger charge is 2.20. The molecule has 1 heterocycles. The van der Waals surface area contributed by atoms with Crippen LogP contribution in [0.15, 0.2) is 18.2 Å². The molecule has 0 bridgehead atoms. The first kappa shape index (κ1) is 12.7. The predicted octanol–water partition coefficient (Wildman–Crippen LogP) is 2.92. The summed E-state index contributed by atoms with van der Waals surface area (Å²) in [5, 5.41) is 0.604. The van der Waals surface area contributed by atoms with E-state index in [1.807, 2.05) is 18.2 Å². The summed E-state index contributed by atoms with van der Waals surface area (Å²) in [5.41, 5.74) is 7.19. The molecule has 2 atom stereocenters. The van der Waals surface area contributed by atoms with Crippen LogP contribution in [0, 0.1) is 0 Å². The lowest BCUT2D eigenvalue weighted by Gasteiger charge is -2.17. The Morgan fingerprint density at radius 3 is 3.00 bits per heavy atom. The highest BCUT2D eigenvalue weighted by Crippen LogP contribution is 2.29. The molecule has 3 nitrogen and oxygen atoms in total. The molecule has 0 aliphatic carbocycles. The van der Waals surface area contributed by atoms with E-state index in [1.165, 1.54) is 0 Å². The summed E-state index contributed by atoms with van der Waals surface area (Å²) in [6.45, 7) is 0.862. The third-order valence-corrected chi connectivity index (χ3v) is 3.44. The van der Waals surface area contributed by atoms with Gasteiger partial charge in [0.1, 0.15) is 5.75 Å². The van der Waals surface area contributed by atoms with Crippen molar-refractivity contribution in [1.29, 1.82) is 0 Å². The maximum atomic E-state index is 6.16. The second kappa shape index (κ2) is 5.71. The van der Waals surface area contributed by atoms with E-state index in [1.54, 1.807) is 7.11 Å². The normalized spacial score (nSPS) is 21.5. The van der Waals surface area contributed by atoms with Gasteiger partial charge in [0.15, 0.2) is 0 Å². The molecule has 2 rings (SSSR count). The number of hydrogen-bond donors (Lipinski definition) is 1. The van der Waals surface area contributed by atoms with Gasteiger partial charge in [-0.05, 0) is 37.0 Å². The summed E-state index contributed by atoms with van der Waals surface area (Å²) in [5.74, 6) is 0.680. The molecular weight excluding hydrogens is 238 g/mol. The van der Waals surface area contributed by atoms with Crippen LogP contribution in [0.5, 0.6) is 5.75 Å². The lowest BCUT2D eigenvalue weighted by atomic mass is 10.00. The fourth-order valence-electron chi connectivity index (χ4n) is 2.16. The Morgan fingerprint density at radius 2 is 2.41 bits per heavy atom. The Labute approximate surface area is 107 Å². The Balaban J connectivity index is 2.02. The Morgan fingerprint density at radius 1 is 1.59 bits per heavy atom. The van der Waals surface area contributed by atoms with Gasteiger partial charge in [-0.25, -0.2) is 0 Å². The van der Waals surface area contributed by atoms with Crippen LogP contribution in [0.4, 0.5) is 0 Å². The van der Waals surface area contributed by atoms with Gasteiger partial charge in [-0.1, -0.05) is 17.7 Å². The summed E-state index contributed by atoms with van der Waals surface area (Å²) in [6.07, 6.45) is 3.40. The third-order valence-electron chi connectivity index (χ3n) is 3.14. The first-order chi connectivity index (χ1) is 8.20. The lowest BCUT2D eigenvalue weighted by Crippen LogP contribution is -2.18. The SMILES string of the molecule is COc1ccc(C(N)CC2CCCO2)cc1Cl. The summed E-state index contributed by atoms with van der Waals surface area (Å²) in [4.78, 5) is 0. The highest BCUT2D eigenvalue weighted by molar-refractivity contribution is 6.32. The molecule has 0 aromatic heterocycles. The monoisotopic (exact) mass is 255 g/mol. The number of methoxy groups -OCH3 is 1. The minimum Gasteiger partial charge on any atom is -0.495 e. The van der Waals surface area contributed by atoms with Gasteiger partial charge in [-0.15, -0.1) is 0 Å². The Kier molecular flexibility index (Phi) is 4.26. The number of nitrogens with two attached hydrogens (primary N) is 1. The van der Waals surface area contributed by atoms with E-state index in [0.29, 0.717) is 16.9 Å². The van der Waals surface area contributed by atoms with E-state index in [4.69, 9.17) is 26.8 Å². The van der Waals surface area contributed by atoms with Crippen molar-refractivity contribution in [3.63, 3.8) is 0 Å². The van der Waals surface area contributed by atoms with Gasteiger partial charge in [0, 0.05) is 12.6 Å². The Hall–Kier alpha value is -0.770. The molecule has 4 heteroatoms. The zero-order valence-corrected chi connectivity index (χ0v) is 10.7. The third kappa shape index (κ3) is 3.12. The fourth-order valence-corrected chi connectivity index (χ4v) is 2.43. The summed E-state index contributed by atoms with van der Waals surface area (Å²) in [6, 6.07) is 5.67. The first-order valence-electron chi connectivity index (χ1n) is 5.91. The van der Waals surface area contributed by atoms with Crippen molar-refractivity contribution in [3.05, 3.63) is 28.8 Å². The van der Waals surface area contributed by atoms with Gasteiger partial charge in [-0.2, -0.15) is 0 Å². The van der Waals surface area contributed by atoms with Crippen molar-refractivity contribution in [3.8, 4) is 5.75 Å². The highest BCUT2D eigenvalue weighted by atomic mass is 35.5. The molecule has 17 heavy (non-hydrogen) atoms. The molecule has 2 N–H and O–H groups in total. The van der Waals surface area contributed by atoms with Crippen molar-refractivity contribution in [2.45, 2.75) is 31.4 Å². The predicted molar refractivity (Wildman–Crippen MR) is 68.5 cm³/mol. The number of benzene rings is 1. The van der Waals surface area contributed by atoms with Crippen LogP contribution in [0.3, 0.4) is 0 Å². The minimum absolute atomic E-state index is 0.0264. The molecule has 2 unspecified atom stereocenters. The van der Waals surface area contributed by atoms with Gasteiger partial charge in [0.05, 0.1) is 18.2 Å². The van der Waals surface area contributed by atoms with E-state index in [0.717, 1.165) is 31.4 Å². The van der Waals surface area contributed by atoms with Crippen molar-refractivity contribution >= 4 is 11.6 Å². The maximum Gasteiger partial charge on any atom is 0.137 e. The van der Waals surface area contributed by atoms with Crippen LogP contribution in [0.25, 0.3) is 0 Å². The van der Waals surface area contributed by atoms with Crippen LogP contribution < -0.4 is 10.5 Å². The molecule has 0 spiro atoms. The molecule has 1 fully saturated rings. The van der Waals surface area contributed by atoms with Crippen LogP contribution >= 0.6 is 11.6 Å². The van der Waals surface area contributed by atoms with Gasteiger partial charge < -0.3 is 15.2 Å². The molecule has 1 saturated heterocycles. The minimum atomic E-state index is -0.0264. The number of hydrogen-bond acceptors (Lipinski definition) is 3. The van der Waals surface area contributed by atoms with Crippen LogP contribution in [-0.2, 0) is 4.74 Å². The van der Waals surface area contributed by atoms with Gasteiger partial charge in [-0.3, -0.25) is 0 Å². The summed E-state index contributed by atoms with van der Waals surface area (Å²) >= 11 is 6.08. The molecule has 1 aromatic carbocycles. The molecular formula is C13H18ClNO2. The maximum absolute atomic E-state index is 6.16. The average Bonchev–Trinajstić information content (AvgIpc) is 2.81. The van der Waals surface area contributed by atoms with Crippen molar-refractivity contribution in [2.75, 3.05) is 13.7 Å². The Bertz CT molecular complexity index is 378. The van der Waals surface area contributed by atoms with Crippen molar-refractivity contribution in [2.24, 2.45) is 5.73 Å². The molecule has 94 valence electrons. The molecule has 1 aliphatic rings. The lowest BCUT2D eigenvalue weighted by molar-refractivity contribution is 0.0983. The molecule has 0 amide bonds. The smallest absolute Gasteiger partial charge is 0.137 e. The number of rotatable bonds is 4. The standard InChI is InChI=1S/C13H18ClNO2/c1-16-13-5-4-9(7-11(13)14)12(15)8-10-3-2-6-17-10/h4-5,7,10,12H,2-3,6,8,15H2,1H3. The molecule has 1 aliphatic heterocycles. The van der Waals surface area contributed by atoms with Gasteiger partial charge in [0.25, 0.3) is 0 Å². The fraction of sp³-hybridized carbons (Fsp3) is 0.538. The zero-order chi connectivity index (χ0) is 12.3. The van der Waals surface area contributed by atoms with E-state index < -0.39 is 0 Å². The topological polar surface area (TPSA) is 44.5 Å². The van der Waals surface area contributed by atoms with E-state index in [9.17, 15) is 0 Å². The van der Waals surface area contributed by atoms with Crippen LogP contribution in [-0.4, -0.2) is 19.8 Å². The quantitative estimate of drug-likeness (QED) is 0.900. The largest absolute Gasteiger partial charge is 0.495 e. The number of ether oxygens (including phenoxy) is 2. The van der Waals surface area contributed by atoms with E-state index in [-0.39, 0.29) is 6.04 Å². The first-order valence-corrected chi connectivity index (χ1v) is 6.29. The zero-order valence-electron chi connectivity index (χ0n) is 9.99. The van der Waals surface area contributed by atoms with Crippen molar-refractivity contribution < 1.29 is 9.47 Å². The van der Waals surface area contributed by atoms with Gasteiger partial charge >= 0.3 is 0 Å². The second-order valence-corrected chi connectivity index (χ2v) is 4.78. The molecule has 0 radical (unpaired) electrons. The summed E-state index contributed by atoms with van der Waals surface area (Å²) < 4.78 is 10.7. The van der Waals surface area contributed by atoms with Crippen molar-refractivity contribution in [1.82, 2.24) is 0 Å². The second-order valence-electron chi connectivity index (χ2n) is 4.37. The van der Waals surface area contributed by atoms with Crippen LogP contribution in [0.2, 0.25) is 5.02 Å². The van der Waals surface area contributed by atoms with Crippen LogP contribution in [0.1, 0.15) is 30.9 Å². The van der Waals surface area contributed by atoms with E-state index in [2.05, 4.69) is 0 Å². The average molecular weight is 256 g/mol. The van der Waals surface area contributed by atoms with E-state index >= 15 is 0 Å². The number of halogens is 1. The van der Waals surface area contributed by atoms with Gasteiger partial charge in [0.2, 0.25) is 0 Å². The summed E-state index contributed by atoms with van der Waals surface area (Å²) in [7, 11) is 1.60.